The lowest BCUT2D eigenvalue weighted by Gasteiger charge is -2.33. The quantitative estimate of drug-likeness (QED) is 0.810. The van der Waals surface area contributed by atoms with Crippen LogP contribution in [-0.2, 0) is 4.79 Å². The normalized spacial score (nSPS) is 26.7. The molecule has 0 aliphatic heterocycles. The zero-order valence-corrected chi connectivity index (χ0v) is 12.5. The molecule has 3 nitrogen and oxygen atoms in total. The van der Waals surface area contributed by atoms with Crippen LogP contribution in [0.2, 0.25) is 0 Å². The summed E-state index contributed by atoms with van der Waals surface area (Å²) in [5, 5.41) is 3.20. The van der Waals surface area contributed by atoms with Crippen molar-refractivity contribution < 1.29 is 4.79 Å². The Labute approximate surface area is 112 Å². The number of rotatable bonds is 4. The minimum absolute atomic E-state index is 0.00589. The standard InChI is InChI=1S/C15H30N2O/c1-5-11-8-6-7-9-12(11)17-14(18)10-13(16)15(2,3)4/h11-13H,5-10,16H2,1-4H3,(H,17,18). The fraction of sp³-hybridized carbons (Fsp3) is 0.933. The summed E-state index contributed by atoms with van der Waals surface area (Å²) < 4.78 is 0. The van der Waals surface area contributed by atoms with Gasteiger partial charge in [-0.3, -0.25) is 4.79 Å². The second-order valence-electron chi connectivity index (χ2n) is 6.80. The average Bonchev–Trinajstić information content (AvgIpc) is 2.28. The van der Waals surface area contributed by atoms with Gasteiger partial charge >= 0.3 is 0 Å². The molecule has 0 aromatic rings. The van der Waals surface area contributed by atoms with Crippen LogP contribution in [0.3, 0.4) is 0 Å². The Morgan fingerprint density at radius 3 is 2.50 bits per heavy atom. The Hall–Kier alpha value is -0.570. The molecule has 1 amide bonds. The van der Waals surface area contributed by atoms with E-state index >= 15 is 0 Å². The maximum Gasteiger partial charge on any atom is 0.221 e. The molecule has 18 heavy (non-hydrogen) atoms. The van der Waals surface area contributed by atoms with E-state index in [1.165, 1.54) is 19.3 Å². The van der Waals surface area contributed by atoms with Gasteiger partial charge in [-0.1, -0.05) is 47.0 Å². The summed E-state index contributed by atoms with van der Waals surface area (Å²) in [5.41, 5.74) is 6.06. The minimum atomic E-state index is -0.0684. The molecule has 1 aliphatic carbocycles. The zero-order valence-electron chi connectivity index (χ0n) is 12.5. The van der Waals surface area contributed by atoms with Crippen molar-refractivity contribution in [3.05, 3.63) is 0 Å². The molecule has 0 heterocycles. The molecule has 0 aromatic heterocycles. The van der Waals surface area contributed by atoms with Gasteiger partial charge in [-0.05, 0) is 24.2 Å². The number of amides is 1. The van der Waals surface area contributed by atoms with Crippen molar-refractivity contribution in [1.29, 1.82) is 0 Å². The largest absolute Gasteiger partial charge is 0.353 e. The van der Waals surface area contributed by atoms with Gasteiger partial charge in [-0.2, -0.15) is 0 Å². The van der Waals surface area contributed by atoms with E-state index in [4.69, 9.17) is 5.73 Å². The summed E-state index contributed by atoms with van der Waals surface area (Å²) in [6, 6.07) is 0.310. The molecular weight excluding hydrogens is 224 g/mol. The Morgan fingerprint density at radius 2 is 1.94 bits per heavy atom. The highest BCUT2D eigenvalue weighted by atomic mass is 16.1. The zero-order chi connectivity index (χ0) is 13.8. The van der Waals surface area contributed by atoms with Crippen LogP contribution in [0, 0.1) is 11.3 Å². The molecule has 1 aliphatic rings. The van der Waals surface area contributed by atoms with Crippen molar-refractivity contribution in [2.45, 2.75) is 78.3 Å². The number of nitrogens with one attached hydrogen (secondary N) is 1. The highest BCUT2D eigenvalue weighted by Gasteiger charge is 2.27. The topological polar surface area (TPSA) is 55.1 Å². The molecule has 3 heteroatoms. The molecule has 1 saturated carbocycles. The first-order valence-electron chi connectivity index (χ1n) is 7.39. The lowest BCUT2D eigenvalue weighted by Crippen LogP contribution is -2.46. The Kier molecular flexibility index (Phi) is 5.64. The van der Waals surface area contributed by atoms with Gasteiger partial charge in [-0.25, -0.2) is 0 Å². The number of nitrogens with two attached hydrogens (primary N) is 1. The van der Waals surface area contributed by atoms with E-state index in [-0.39, 0.29) is 17.4 Å². The molecule has 0 saturated heterocycles. The third kappa shape index (κ3) is 4.60. The van der Waals surface area contributed by atoms with Gasteiger partial charge in [0.05, 0.1) is 0 Å². The highest BCUT2D eigenvalue weighted by molar-refractivity contribution is 5.77. The molecule has 1 rings (SSSR count). The van der Waals surface area contributed by atoms with Crippen LogP contribution in [0.1, 0.15) is 66.2 Å². The number of hydrogen-bond donors (Lipinski definition) is 2. The summed E-state index contributed by atoms with van der Waals surface area (Å²) >= 11 is 0. The maximum atomic E-state index is 12.0. The molecule has 3 atom stereocenters. The first kappa shape index (κ1) is 15.5. The second kappa shape index (κ2) is 6.55. The van der Waals surface area contributed by atoms with Gasteiger partial charge in [0.2, 0.25) is 5.91 Å². The van der Waals surface area contributed by atoms with Gasteiger partial charge in [0.15, 0.2) is 0 Å². The van der Waals surface area contributed by atoms with Crippen LogP contribution in [0.4, 0.5) is 0 Å². The van der Waals surface area contributed by atoms with Crippen LogP contribution in [0.25, 0.3) is 0 Å². The molecule has 0 radical (unpaired) electrons. The molecule has 1 fully saturated rings. The van der Waals surface area contributed by atoms with Crippen LogP contribution in [0.5, 0.6) is 0 Å². The molecule has 106 valence electrons. The number of carbonyl (C=O) groups excluding carboxylic acids is 1. The van der Waals surface area contributed by atoms with Crippen molar-refractivity contribution in [3.8, 4) is 0 Å². The van der Waals surface area contributed by atoms with Gasteiger partial charge < -0.3 is 11.1 Å². The van der Waals surface area contributed by atoms with E-state index < -0.39 is 0 Å². The second-order valence-corrected chi connectivity index (χ2v) is 6.80. The average molecular weight is 254 g/mol. The fourth-order valence-electron chi connectivity index (χ4n) is 2.66. The van der Waals surface area contributed by atoms with Crippen LogP contribution in [0.15, 0.2) is 0 Å². The molecule has 3 N–H and O–H groups in total. The third-order valence-electron chi connectivity index (χ3n) is 4.30. The first-order chi connectivity index (χ1) is 8.34. The Morgan fingerprint density at radius 1 is 1.33 bits per heavy atom. The monoisotopic (exact) mass is 254 g/mol. The number of hydrogen-bond acceptors (Lipinski definition) is 2. The lowest BCUT2D eigenvalue weighted by atomic mass is 9.82. The predicted molar refractivity (Wildman–Crippen MR) is 76.2 cm³/mol. The van der Waals surface area contributed by atoms with Crippen molar-refractivity contribution in [2.75, 3.05) is 0 Å². The van der Waals surface area contributed by atoms with Crippen molar-refractivity contribution in [3.63, 3.8) is 0 Å². The van der Waals surface area contributed by atoms with Crippen molar-refractivity contribution in [2.24, 2.45) is 17.1 Å². The van der Waals surface area contributed by atoms with Crippen LogP contribution >= 0.6 is 0 Å². The fourth-order valence-corrected chi connectivity index (χ4v) is 2.66. The van der Waals surface area contributed by atoms with Gasteiger partial charge in [0.25, 0.3) is 0 Å². The summed E-state index contributed by atoms with van der Waals surface area (Å²) in [6.07, 6.45) is 6.55. The Bertz CT molecular complexity index is 270. The van der Waals surface area contributed by atoms with E-state index in [1.54, 1.807) is 0 Å². The van der Waals surface area contributed by atoms with Gasteiger partial charge in [0.1, 0.15) is 0 Å². The summed E-state index contributed by atoms with van der Waals surface area (Å²) in [5.74, 6) is 0.788. The van der Waals surface area contributed by atoms with Gasteiger partial charge in [0, 0.05) is 18.5 Å². The number of carbonyl (C=O) groups is 1. The molecular formula is C15H30N2O. The predicted octanol–water partition coefficient (Wildman–Crippen LogP) is 2.83. The van der Waals surface area contributed by atoms with Crippen LogP contribution in [-0.4, -0.2) is 18.0 Å². The molecule has 0 spiro atoms. The van der Waals surface area contributed by atoms with Gasteiger partial charge in [-0.15, -0.1) is 0 Å². The highest BCUT2D eigenvalue weighted by Crippen LogP contribution is 2.27. The maximum absolute atomic E-state index is 12.0. The lowest BCUT2D eigenvalue weighted by molar-refractivity contribution is -0.123. The Balaban J connectivity index is 2.43. The smallest absolute Gasteiger partial charge is 0.221 e. The molecule has 3 unspecified atom stereocenters. The summed E-state index contributed by atoms with van der Waals surface area (Å²) in [6.45, 7) is 8.47. The third-order valence-corrected chi connectivity index (χ3v) is 4.30. The van der Waals surface area contributed by atoms with Crippen LogP contribution < -0.4 is 11.1 Å². The SMILES string of the molecule is CCC1CCCCC1NC(=O)CC(N)C(C)(C)C. The summed E-state index contributed by atoms with van der Waals surface area (Å²) in [4.78, 5) is 12.0. The molecule has 0 bridgehead atoms. The van der Waals surface area contributed by atoms with E-state index in [0.717, 1.165) is 12.8 Å². The van der Waals surface area contributed by atoms with Crippen molar-refractivity contribution >= 4 is 5.91 Å². The van der Waals surface area contributed by atoms with E-state index in [0.29, 0.717) is 18.4 Å². The minimum Gasteiger partial charge on any atom is -0.353 e. The summed E-state index contributed by atoms with van der Waals surface area (Å²) in [7, 11) is 0. The van der Waals surface area contributed by atoms with E-state index in [1.807, 2.05) is 0 Å². The molecule has 0 aromatic carbocycles. The first-order valence-corrected chi connectivity index (χ1v) is 7.39. The van der Waals surface area contributed by atoms with E-state index in [9.17, 15) is 4.79 Å². The van der Waals surface area contributed by atoms with Crippen molar-refractivity contribution in [1.82, 2.24) is 5.32 Å². The van der Waals surface area contributed by atoms with E-state index in [2.05, 4.69) is 33.0 Å².